The van der Waals surface area contributed by atoms with E-state index in [2.05, 4.69) is 10.5 Å². The molecule has 20 heavy (non-hydrogen) atoms. The van der Waals surface area contributed by atoms with Gasteiger partial charge in [-0.25, -0.2) is 8.78 Å². The molecular weight excluding hydrogens is 268 g/mol. The highest BCUT2D eigenvalue weighted by Gasteiger charge is 2.39. The lowest BCUT2D eigenvalue weighted by Crippen LogP contribution is -2.45. The van der Waals surface area contributed by atoms with E-state index < -0.39 is 5.92 Å². The molecule has 3 rings (SSSR count). The highest BCUT2D eigenvalue weighted by molar-refractivity contribution is 5.05. The van der Waals surface area contributed by atoms with Crippen molar-refractivity contribution >= 4 is 0 Å². The number of piperidine rings is 1. The maximum Gasteiger partial charge on any atom is 0.280 e. The van der Waals surface area contributed by atoms with Crippen molar-refractivity contribution in [2.24, 2.45) is 0 Å². The van der Waals surface area contributed by atoms with Crippen molar-refractivity contribution in [3.05, 3.63) is 22.2 Å². The standard InChI is InChI=1S/C13H19F2N3O2/c14-13(15)2-4-18(8-13)7-10-5-9(1-3-16-10)11-6-12(19)17-20-11/h6,9-10,16H,1-5,7-8H2,(H,17,19)/t9-,10-/m0/s1. The molecule has 0 spiro atoms. The summed E-state index contributed by atoms with van der Waals surface area (Å²) in [4.78, 5) is 12.9. The molecule has 2 fully saturated rings. The van der Waals surface area contributed by atoms with E-state index >= 15 is 0 Å². The number of hydrogen-bond acceptors (Lipinski definition) is 4. The van der Waals surface area contributed by atoms with Gasteiger partial charge in [0.15, 0.2) is 0 Å². The third-order valence-corrected chi connectivity index (χ3v) is 4.17. The number of hydrogen-bond donors (Lipinski definition) is 2. The Bertz CT molecular complexity index is 514. The average molecular weight is 287 g/mol. The molecule has 2 aliphatic rings. The smallest absolute Gasteiger partial charge is 0.280 e. The largest absolute Gasteiger partial charge is 0.383 e. The van der Waals surface area contributed by atoms with Crippen LogP contribution in [0.15, 0.2) is 15.4 Å². The lowest BCUT2D eigenvalue weighted by molar-refractivity contribution is 0.0111. The maximum atomic E-state index is 13.2. The second-order valence-electron chi connectivity index (χ2n) is 5.83. The van der Waals surface area contributed by atoms with E-state index in [9.17, 15) is 13.6 Å². The summed E-state index contributed by atoms with van der Waals surface area (Å²) in [6, 6.07) is 1.65. The first-order valence-electron chi connectivity index (χ1n) is 7.04. The Balaban J connectivity index is 1.57. The van der Waals surface area contributed by atoms with Gasteiger partial charge in [-0.2, -0.15) is 5.16 Å². The Kier molecular flexibility index (Phi) is 3.64. The first kappa shape index (κ1) is 13.8. The van der Waals surface area contributed by atoms with Crippen LogP contribution >= 0.6 is 0 Å². The van der Waals surface area contributed by atoms with E-state index in [0.29, 0.717) is 18.8 Å². The second-order valence-corrected chi connectivity index (χ2v) is 5.83. The number of H-pyrrole nitrogens is 1. The molecule has 1 aromatic rings. The number of nitrogens with zero attached hydrogens (tertiary/aromatic N) is 1. The van der Waals surface area contributed by atoms with E-state index in [4.69, 9.17) is 4.52 Å². The van der Waals surface area contributed by atoms with Gasteiger partial charge >= 0.3 is 0 Å². The van der Waals surface area contributed by atoms with Crippen molar-refractivity contribution in [3.63, 3.8) is 0 Å². The number of aromatic amines is 1. The highest BCUT2D eigenvalue weighted by Crippen LogP contribution is 2.30. The number of nitrogens with one attached hydrogen (secondary N) is 2. The topological polar surface area (TPSA) is 61.3 Å². The van der Waals surface area contributed by atoms with E-state index in [-0.39, 0.29) is 30.5 Å². The lowest BCUT2D eigenvalue weighted by atomic mass is 9.90. The van der Waals surface area contributed by atoms with E-state index in [0.717, 1.165) is 19.4 Å². The quantitative estimate of drug-likeness (QED) is 0.875. The summed E-state index contributed by atoms with van der Waals surface area (Å²) in [7, 11) is 0. The summed E-state index contributed by atoms with van der Waals surface area (Å²) in [5.41, 5.74) is -0.228. The summed E-state index contributed by atoms with van der Waals surface area (Å²) < 4.78 is 31.5. The number of halogens is 2. The molecule has 0 amide bonds. The van der Waals surface area contributed by atoms with Crippen LogP contribution in [-0.4, -0.2) is 48.2 Å². The monoisotopic (exact) mass is 287 g/mol. The number of rotatable bonds is 3. The minimum atomic E-state index is -2.54. The average Bonchev–Trinajstić information content (AvgIpc) is 2.96. The predicted molar refractivity (Wildman–Crippen MR) is 69.1 cm³/mol. The van der Waals surface area contributed by atoms with E-state index in [1.807, 2.05) is 4.90 Å². The van der Waals surface area contributed by atoms with Gasteiger partial charge in [0.2, 0.25) is 0 Å². The Morgan fingerprint density at radius 3 is 3.00 bits per heavy atom. The van der Waals surface area contributed by atoms with Gasteiger partial charge < -0.3 is 9.84 Å². The lowest BCUT2D eigenvalue weighted by Gasteiger charge is -2.31. The molecule has 112 valence electrons. The zero-order valence-corrected chi connectivity index (χ0v) is 11.2. The predicted octanol–water partition coefficient (Wildman–Crippen LogP) is 1.14. The van der Waals surface area contributed by atoms with Gasteiger partial charge in [0.1, 0.15) is 5.76 Å². The summed E-state index contributed by atoms with van der Waals surface area (Å²) in [6.07, 6.45) is 1.66. The SMILES string of the molecule is O=c1cc([C@H]2CCN[C@H](CN3CCC(F)(F)C3)C2)o[nH]1. The van der Waals surface area contributed by atoms with Gasteiger partial charge in [0.05, 0.1) is 6.54 Å². The molecule has 2 atom stereocenters. The molecule has 2 aliphatic heterocycles. The summed E-state index contributed by atoms with van der Waals surface area (Å²) in [6.45, 7) is 1.75. The zero-order chi connectivity index (χ0) is 14.2. The number of alkyl halides is 2. The van der Waals surface area contributed by atoms with Gasteiger partial charge in [-0.15, -0.1) is 0 Å². The summed E-state index contributed by atoms with van der Waals surface area (Å²) >= 11 is 0. The Labute approximate surface area is 115 Å². The summed E-state index contributed by atoms with van der Waals surface area (Å²) in [5.74, 6) is -1.68. The molecule has 0 radical (unpaired) electrons. The van der Waals surface area contributed by atoms with E-state index in [1.165, 1.54) is 6.07 Å². The molecular formula is C13H19F2N3O2. The fourth-order valence-electron chi connectivity index (χ4n) is 3.18. The number of likely N-dealkylation sites (tertiary alicyclic amines) is 1. The molecule has 7 heteroatoms. The third kappa shape index (κ3) is 3.09. The third-order valence-electron chi connectivity index (χ3n) is 4.17. The maximum absolute atomic E-state index is 13.2. The van der Waals surface area contributed by atoms with Gasteiger partial charge in [-0.3, -0.25) is 9.69 Å². The van der Waals surface area contributed by atoms with Crippen molar-refractivity contribution in [1.82, 2.24) is 15.4 Å². The van der Waals surface area contributed by atoms with Crippen LogP contribution in [-0.2, 0) is 0 Å². The molecule has 0 aliphatic carbocycles. The molecule has 5 nitrogen and oxygen atoms in total. The van der Waals surface area contributed by atoms with Crippen LogP contribution in [0, 0.1) is 0 Å². The van der Waals surface area contributed by atoms with Gasteiger partial charge in [0.25, 0.3) is 11.5 Å². The van der Waals surface area contributed by atoms with Crippen molar-refractivity contribution in [2.45, 2.75) is 37.1 Å². The van der Waals surface area contributed by atoms with Gasteiger partial charge in [-0.1, -0.05) is 0 Å². The molecule has 0 unspecified atom stereocenters. The minimum absolute atomic E-state index is 0.0458. The van der Waals surface area contributed by atoms with Gasteiger partial charge in [0, 0.05) is 37.5 Å². The van der Waals surface area contributed by atoms with E-state index in [1.54, 1.807) is 0 Å². The first-order valence-corrected chi connectivity index (χ1v) is 7.04. The van der Waals surface area contributed by atoms with Crippen LogP contribution in [0.4, 0.5) is 8.78 Å². The van der Waals surface area contributed by atoms with Crippen LogP contribution in [0.3, 0.4) is 0 Å². The Hall–Kier alpha value is -1.21. The van der Waals surface area contributed by atoms with Crippen molar-refractivity contribution in [3.8, 4) is 0 Å². The summed E-state index contributed by atoms with van der Waals surface area (Å²) in [5, 5.41) is 5.67. The van der Waals surface area contributed by atoms with Crippen LogP contribution in [0.1, 0.15) is 30.9 Å². The van der Waals surface area contributed by atoms with Crippen LogP contribution in [0.2, 0.25) is 0 Å². The molecule has 0 saturated carbocycles. The Morgan fingerprint density at radius 1 is 1.50 bits per heavy atom. The van der Waals surface area contributed by atoms with Crippen molar-refractivity contribution < 1.29 is 13.3 Å². The molecule has 3 heterocycles. The number of aromatic nitrogens is 1. The minimum Gasteiger partial charge on any atom is -0.383 e. The van der Waals surface area contributed by atoms with Crippen molar-refractivity contribution in [1.29, 1.82) is 0 Å². The fourth-order valence-corrected chi connectivity index (χ4v) is 3.18. The molecule has 2 saturated heterocycles. The van der Waals surface area contributed by atoms with Gasteiger partial charge in [-0.05, 0) is 19.4 Å². The zero-order valence-electron chi connectivity index (χ0n) is 11.2. The highest BCUT2D eigenvalue weighted by atomic mass is 19.3. The molecule has 2 N–H and O–H groups in total. The Morgan fingerprint density at radius 2 is 2.35 bits per heavy atom. The molecule has 0 aromatic carbocycles. The van der Waals surface area contributed by atoms with Crippen LogP contribution < -0.4 is 10.9 Å². The molecule has 1 aromatic heterocycles. The van der Waals surface area contributed by atoms with Crippen LogP contribution in [0.25, 0.3) is 0 Å². The first-order chi connectivity index (χ1) is 9.52. The van der Waals surface area contributed by atoms with Crippen LogP contribution in [0.5, 0.6) is 0 Å². The van der Waals surface area contributed by atoms with Crippen molar-refractivity contribution in [2.75, 3.05) is 26.2 Å². The fraction of sp³-hybridized carbons (Fsp3) is 0.769. The molecule has 0 bridgehead atoms. The normalized spacial score (nSPS) is 30.7. The second kappa shape index (κ2) is 5.29.